The summed E-state index contributed by atoms with van der Waals surface area (Å²) >= 11 is 0. The van der Waals surface area contributed by atoms with Gasteiger partial charge < -0.3 is 9.84 Å². The Morgan fingerprint density at radius 1 is 1.20 bits per heavy atom. The van der Waals surface area contributed by atoms with E-state index in [-0.39, 0.29) is 24.3 Å². The molecular formula is C21H26N2O6S. The zero-order valence-electron chi connectivity index (χ0n) is 16.9. The molecule has 1 aliphatic heterocycles. The highest BCUT2D eigenvalue weighted by Crippen LogP contribution is 2.27. The maximum atomic E-state index is 13.0. The maximum Gasteiger partial charge on any atom is 0.261 e. The maximum absolute atomic E-state index is 13.0. The lowest BCUT2D eigenvalue weighted by atomic mass is 10.0. The van der Waals surface area contributed by atoms with Gasteiger partial charge in [0.1, 0.15) is 18.4 Å². The van der Waals surface area contributed by atoms with Gasteiger partial charge in [-0.05, 0) is 62.1 Å². The van der Waals surface area contributed by atoms with Crippen LogP contribution < -0.4 is 10.2 Å². The lowest BCUT2D eigenvalue weighted by Crippen LogP contribution is -2.54. The highest BCUT2D eigenvalue weighted by atomic mass is 32.2. The van der Waals surface area contributed by atoms with Crippen LogP contribution >= 0.6 is 0 Å². The van der Waals surface area contributed by atoms with Crippen molar-refractivity contribution in [2.24, 2.45) is 0 Å². The van der Waals surface area contributed by atoms with Crippen LogP contribution in [-0.4, -0.2) is 47.6 Å². The minimum absolute atomic E-state index is 0.00807. The van der Waals surface area contributed by atoms with Crippen LogP contribution in [0.2, 0.25) is 0 Å². The van der Waals surface area contributed by atoms with Gasteiger partial charge in [0.15, 0.2) is 0 Å². The van der Waals surface area contributed by atoms with Gasteiger partial charge in [0.05, 0.1) is 11.0 Å². The number of benzene rings is 2. The number of aryl methyl sites for hydroxylation is 2. The SMILES string of the molecule is Cc1ccc(C)c(COc2ccc(S(=O)(=O)N3CCC(O)C[C@@H]3C(=O)NO)cc2)c1. The smallest absolute Gasteiger partial charge is 0.261 e. The Hall–Kier alpha value is -2.46. The normalized spacial score (nSPS) is 20.0. The Kier molecular flexibility index (Phi) is 6.77. The third-order valence-electron chi connectivity index (χ3n) is 5.27. The van der Waals surface area contributed by atoms with Crippen LogP contribution in [-0.2, 0) is 21.4 Å². The van der Waals surface area contributed by atoms with E-state index in [0.29, 0.717) is 12.4 Å². The van der Waals surface area contributed by atoms with Gasteiger partial charge in [0.25, 0.3) is 5.91 Å². The number of piperidine rings is 1. The van der Waals surface area contributed by atoms with Crippen molar-refractivity contribution in [1.82, 2.24) is 9.79 Å². The summed E-state index contributed by atoms with van der Waals surface area (Å²) in [6.45, 7) is 4.35. The predicted molar refractivity (Wildman–Crippen MR) is 110 cm³/mol. The number of aliphatic hydroxyl groups excluding tert-OH is 1. The summed E-state index contributed by atoms with van der Waals surface area (Å²) in [6, 6.07) is 10.9. The lowest BCUT2D eigenvalue weighted by molar-refractivity contribution is -0.135. The van der Waals surface area contributed by atoms with Crippen LogP contribution in [0.4, 0.5) is 0 Å². The highest BCUT2D eigenvalue weighted by Gasteiger charge is 2.40. The molecule has 2 atom stereocenters. The van der Waals surface area contributed by atoms with Gasteiger partial charge in [-0.15, -0.1) is 0 Å². The zero-order valence-corrected chi connectivity index (χ0v) is 17.7. The molecule has 1 unspecified atom stereocenters. The molecule has 162 valence electrons. The summed E-state index contributed by atoms with van der Waals surface area (Å²) in [7, 11) is -3.99. The predicted octanol–water partition coefficient (Wildman–Crippen LogP) is 1.90. The van der Waals surface area contributed by atoms with Crippen LogP contribution in [0.5, 0.6) is 5.75 Å². The van der Waals surface area contributed by atoms with Gasteiger partial charge in [-0.2, -0.15) is 4.31 Å². The Balaban J connectivity index is 1.75. The molecule has 30 heavy (non-hydrogen) atoms. The number of amides is 1. The summed E-state index contributed by atoms with van der Waals surface area (Å²) in [5.41, 5.74) is 4.78. The van der Waals surface area contributed by atoms with Crippen molar-refractivity contribution < 1.29 is 28.3 Å². The molecule has 1 heterocycles. The number of ether oxygens (including phenoxy) is 1. The van der Waals surface area contributed by atoms with Gasteiger partial charge in [-0.25, -0.2) is 13.9 Å². The molecule has 1 aliphatic rings. The molecular weight excluding hydrogens is 408 g/mol. The van der Waals surface area contributed by atoms with Crippen molar-refractivity contribution >= 4 is 15.9 Å². The first kappa shape index (κ1) is 22.2. The molecule has 2 aromatic rings. The van der Waals surface area contributed by atoms with E-state index in [1.54, 1.807) is 12.1 Å². The Bertz CT molecular complexity index is 1010. The molecule has 0 saturated carbocycles. The summed E-state index contributed by atoms with van der Waals surface area (Å²) in [5, 5.41) is 18.7. The van der Waals surface area contributed by atoms with Crippen LogP contribution in [0.1, 0.15) is 29.5 Å². The summed E-state index contributed by atoms with van der Waals surface area (Å²) in [5.74, 6) is -0.348. The fourth-order valence-corrected chi connectivity index (χ4v) is 5.10. The third-order valence-corrected chi connectivity index (χ3v) is 7.19. The largest absolute Gasteiger partial charge is 0.489 e. The topological polar surface area (TPSA) is 116 Å². The number of aliphatic hydroxyl groups is 1. The van der Waals surface area contributed by atoms with E-state index in [4.69, 9.17) is 9.94 Å². The first-order valence-corrected chi connectivity index (χ1v) is 11.1. The van der Waals surface area contributed by atoms with Gasteiger partial charge in [-0.1, -0.05) is 23.8 Å². The molecule has 0 radical (unpaired) electrons. The van der Waals surface area contributed by atoms with E-state index in [9.17, 15) is 18.3 Å². The standard InChI is InChI=1S/C21H26N2O6S/c1-14-3-4-15(2)16(11-14)13-29-18-5-7-19(8-6-18)30(27,28)23-10-9-17(24)12-20(23)21(25)22-26/h3-8,11,17,20,24,26H,9-10,12-13H2,1-2H3,(H,22,25)/t17?,20-/m1/s1. The minimum Gasteiger partial charge on any atom is -0.489 e. The summed E-state index contributed by atoms with van der Waals surface area (Å²) in [4.78, 5) is 11.9. The van der Waals surface area contributed by atoms with Crippen molar-refractivity contribution in [3.63, 3.8) is 0 Å². The van der Waals surface area contributed by atoms with Crippen molar-refractivity contribution in [3.8, 4) is 5.75 Å². The van der Waals surface area contributed by atoms with Gasteiger partial charge in [0.2, 0.25) is 10.0 Å². The quantitative estimate of drug-likeness (QED) is 0.472. The van der Waals surface area contributed by atoms with Gasteiger partial charge in [0, 0.05) is 6.54 Å². The van der Waals surface area contributed by atoms with Crippen molar-refractivity contribution in [3.05, 3.63) is 59.2 Å². The van der Waals surface area contributed by atoms with Gasteiger partial charge in [-0.3, -0.25) is 10.0 Å². The average Bonchev–Trinajstić information content (AvgIpc) is 2.73. The molecule has 0 spiro atoms. The van der Waals surface area contributed by atoms with Crippen LogP contribution in [0.3, 0.4) is 0 Å². The van der Waals surface area contributed by atoms with E-state index >= 15 is 0 Å². The van der Waals surface area contributed by atoms with Gasteiger partial charge >= 0.3 is 0 Å². The second kappa shape index (κ2) is 9.13. The van der Waals surface area contributed by atoms with E-state index in [0.717, 1.165) is 21.0 Å². The van der Waals surface area contributed by atoms with Crippen LogP contribution in [0.25, 0.3) is 0 Å². The number of hydroxylamine groups is 1. The van der Waals surface area contributed by atoms with Crippen molar-refractivity contribution in [2.75, 3.05) is 6.54 Å². The number of hydrogen-bond acceptors (Lipinski definition) is 6. The molecule has 0 bridgehead atoms. The molecule has 2 aromatic carbocycles. The molecule has 9 heteroatoms. The molecule has 1 fully saturated rings. The Morgan fingerprint density at radius 3 is 2.57 bits per heavy atom. The fraction of sp³-hybridized carbons (Fsp3) is 0.381. The molecule has 0 aromatic heterocycles. The first-order valence-electron chi connectivity index (χ1n) is 9.65. The second-order valence-corrected chi connectivity index (χ2v) is 9.37. The minimum atomic E-state index is -3.99. The zero-order chi connectivity index (χ0) is 21.9. The lowest BCUT2D eigenvalue weighted by Gasteiger charge is -2.35. The number of carbonyl (C=O) groups is 1. The first-order chi connectivity index (χ1) is 14.2. The molecule has 8 nitrogen and oxygen atoms in total. The summed E-state index contributed by atoms with van der Waals surface area (Å²) < 4.78 is 32.9. The number of nitrogens with zero attached hydrogens (tertiary/aromatic N) is 1. The van der Waals surface area contributed by atoms with E-state index in [2.05, 4.69) is 0 Å². The van der Waals surface area contributed by atoms with E-state index in [1.807, 2.05) is 32.0 Å². The fourth-order valence-electron chi connectivity index (χ4n) is 3.49. The van der Waals surface area contributed by atoms with Crippen LogP contribution in [0.15, 0.2) is 47.4 Å². The summed E-state index contributed by atoms with van der Waals surface area (Å²) in [6.07, 6.45) is -0.673. The molecule has 0 aliphatic carbocycles. The average molecular weight is 435 g/mol. The Labute approximate surface area is 176 Å². The molecule has 1 saturated heterocycles. The number of rotatable bonds is 6. The van der Waals surface area contributed by atoms with Crippen LogP contribution in [0, 0.1) is 13.8 Å². The third kappa shape index (κ3) is 4.81. The number of sulfonamides is 1. The highest BCUT2D eigenvalue weighted by molar-refractivity contribution is 7.89. The van der Waals surface area contributed by atoms with Crippen molar-refractivity contribution in [1.29, 1.82) is 0 Å². The molecule has 3 N–H and O–H groups in total. The van der Waals surface area contributed by atoms with E-state index < -0.39 is 28.1 Å². The van der Waals surface area contributed by atoms with E-state index in [1.165, 1.54) is 17.6 Å². The molecule has 3 rings (SSSR count). The second-order valence-electron chi connectivity index (χ2n) is 7.48. The Morgan fingerprint density at radius 2 is 1.90 bits per heavy atom. The van der Waals surface area contributed by atoms with Crippen molar-refractivity contribution in [2.45, 2.75) is 50.3 Å². The molecule has 1 amide bonds. The number of nitrogens with one attached hydrogen (secondary N) is 1. The number of carbonyl (C=O) groups excluding carboxylic acids is 1. The monoisotopic (exact) mass is 434 g/mol. The number of hydrogen-bond donors (Lipinski definition) is 3.